The van der Waals surface area contributed by atoms with E-state index in [-0.39, 0.29) is 11.8 Å². The van der Waals surface area contributed by atoms with Crippen molar-refractivity contribution in [1.82, 2.24) is 0 Å². The van der Waals surface area contributed by atoms with Gasteiger partial charge in [0, 0.05) is 40.5 Å². The van der Waals surface area contributed by atoms with Gasteiger partial charge in [-0.3, -0.25) is 9.59 Å². The molecule has 1 aliphatic heterocycles. The fraction of sp³-hybridized carbons (Fsp3) is 0.200. The summed E-state index contributed by atoms with van der Waals surface area (Å²) in [7, 11) is 0. The molecule has 0 saturated carbocycles. The predicted molar refractivity (Wildman–Crippen MR) is 123 cm³/mol. The van der Waals surface area contributed by atoms with Gasteiger partial charge in [0.15, 0.2) is 0 Å². The van der Waals surface area contributed by atoms with Gasteiger partial charge in [-0.05, 0) is 55.3 Å². The molecule has 3 aromatic carbocycles. The Balaban J connectivity index is 1.46. The molecule has 0 unspecified atom stereocenters. The van der Waals surface area contributed by atoms with Crippen molar-refractivity contribution in [2.75, 3.05) is 16.8 Å². The Morgan fingerprint density at radius 3 is 2.71 bits per heavy atom. The maximum Gasteiger partial charge on any atom is 0.255 e. The highest BCUT2D eigenvalue weighted by molar-refractivity contribution is 6.31. The SMILES string of the molecule is Cc1ccc(NC(=O)c2cccc(OCc3ccccc3Cl)c2)cc1N1CCCC1=O. The molecule has 5 nitrogen and oxygen atoms in total. The second-order valence-corrected chi connectivity index (χ2v) is 7.92. The second-order valence-electron chi connectivity index (χ2n) is 7.51. The van der Waals surface area contributed by atoms with Crippen molar-refractivity contribution in [2.24, 2.45) is 0 Å². The third-order valence-corrected chi connectivity index (χ3v) is 5.65. The van der Waals surface area contributed by atoms with Crippen LogP contribution in [0.5, 0.6) is 5.75 Å². The number of aryl methyl sites for hydroxylation is 1. The van der Waals surface area contributed by atoms with Crippen LogP contribution in [0.15, 0.2) is 66.7 Å². The van der Waals surface area contributed by atoms with E-state index in [1.165, 1.54) is 0 Å². The van der Waals surface area contributed by atoms with Gasteiger partial charge in [-0.2, -0.15) is 0 Å². The molecule has 0 aliphatic carbocycles. The topological polar surface area (TPSA) is 58.6 Å². The molecule has 1 fully saturated rings. The Kier molecular flexibility index (Phi) is 6.23. The lowest BCUT2D eigenvalue weighted by Crippen LogP contribution is -2.24. The summed E-state index contributed by atoms with van der Waals surface area (Å²) in [5.41, 5.74) is 3.85. The number of hydrogen-bond acceptors (Lipinski definition) is 3. The van der Waals surface area contributed by atoms with Crippen molar-refractivity contribution in [3.8, 4) is 5.75 Å². The quantitative estimate of drug-likeness (QED) is 0.548. The van der Waals surface area contributed by atoms with E-state index in [0.717, 1.165) is 23.2 Å². The number of carbonyl (C=O) groups excluding carboxylic acids is 2. The monoisotopic (exact) mass is 434 g/mol. The number of rotatable bonds is 6. The highest BCUT2D eigenvalue weighted by atomic mass is 35.5. The van der Waals surface area contributed by atoms with Crippen LogP contribution in [0.4, 0.5) is 11.4 Å². The molecule has 158 valence electrons. The molecule has 0 bridgehead atoms. The molecule has 2 amide bonds. The van der Waals surface area contributed by atoms with Crippen molar-refractivity contribution in [3.05, 3.63) is 88.4 Å². The molecular formula is C25H23ClN2O3. The normalized spacial score (nSPS) is 13.4. The lowest BCUT2D eigenvalue weighted by atomic mass is 10.1. The Morgan fingerprint density at radius 1 is 1.10 bits per heavy atom. The van der Waals surface area contributed by atoms with E-state index in [2.05, 4.69) is 5.32 Å². The number of halogens is 1. The van der Waals surface area contributed by atoms with Crippen LogP contribution >= 0.6 is 11.6 Å². The van der Waals surface area contributed by atoms with Crippen molar-refractivity contribution < 1.29 is 14.3 Å². The first kappa shape index (κ1) is 20.9. The smallest absolute Gasteiger partial charge is 0.255 e. The summed E-state index contributed by atoms with van der Waals surface area (Å²) in [4.78, 5) is 26.7. The van der Waals surface area contributed by atoms with Crippen LogP contribution in [0.3, 0.4) is 0 Å². The van der Waals surface area contributed by atoms with E-state index < -0.39 is 0 Å². The minimum Gasteiger partial charge on any atom is -0.489 e. The summed E-state index contributed by atoms with van der Waals surface area (Å²) in [6, 6.07) is 20.1. The van der Waals surface area contributed by atoms with Crippen LogP contribution < -0.4 is 15.0 Å². The van der Waals surface area contributed by atoms with E-state index in [1.807, 2.05) is 49.4 Å². The fourth-order valence-corrected chi connectivity index (χ4v) is 3.78. The van der Waals surface area contributed by atoms with Gasteiger partial charge in [0.1, 0.15) is 12.4 Å². The van der Waals surface area contributed by atoms with Crippen LogP contribution in [0, 0.1) is 6.92 Å². The zero-order valence-corrected chi connectivity index (χ0v) is 18.0. The first-order chi connectivity index (χ1) is 15.0. The van der Waals surface area contributed by atoms with Gasteiger partial charge in [0.2, 0.25) is 5.91 Å². The summed E-state index contributed by atoms with van der Waals surface area (Å²) < 4.78 is 5.82. The van der Waals surface area contributed by atoms with Gasteiger partial charge in [0.05, 0.1) is 0 Å². The van der Waals surface area contributed by atoms with Crippen LogP contribution in [-0.4, -0.2) is 18.4 Å². The minimum absolute atomic E-state index is 0.120. The van der Waals surface area contributed by atoms with Crippen LogP contribution in [0.1, 0.15) is 34.3 Å². The summed E-state index contributed by atoms with van der Waals surface area (Å²) >= 11 is 6.17. The molecule has 31 heavy (non-hydrogen) atoms. The van der Waals surface area contributed by atoms with Gasteiger partial charge in [-0.25, -0.2) is 0 Å². The standard InChI is InChI=1S/C25H23ClN2O3/c1-17-11-12-20(15-23(17)28-13-5-10-24(28)29)27-25(30)18-7-4-8-21(14-18)31-16-19-6-2-3-9-22(19)26/h2-4,6-9,11-12,14-15H,5,10,13,16H2,1H3,(H,27,30). The highest BCUT2D eigenvalue weighted by Crippen LogP contribution is 2.28. The largest absolute Gasteiger partial charge is 0.489 e. The number of ether oxygens (including phenoxy) is 1. The Hall–Kier alpha value is -3.31. The number of nitrogens with one attached hydrogen (secondary N) is 1. The van der Waals surface area contributed by atoms with Crippen LogP contribution in [0.25, 0.3) is 0 Å². The van der Waals surface area contributed by atoms with E-state index in [4.69, 9.17) is 16.3 Å². The first-order valence-corrected chi connectivity index (χ1v) is 10.6. The molecule has 6 heteroatoms. The van der Waals surface area contributed by atoms with Crippen molar-refractivity contribution in [3.63, 3.8) is 0 Å². The van der Waals surface area contributed by atoms with Crippen LogP contribution in [0.2, 0.25) is 5.02 Å². The van der Waals surface area contributed by atoms with E-state index in [1.54, 1.807) is 29.2 Å². The Morgan fingerprint density at radius 2 is 1.94 bits per heavy atom. The average Bonchev–Trinajstić information content (AvgIpc) is 3.20. The van der Waals surface area contributed by atoms with Gasteiger partial charge < -0.3 is 15.0 Å². The highest BCUT2D eigenvalue weighted by Gasteiger charge is 2.23. The molecule has 1 N–H and O–H groups in total. The number of anilines is 2. The fourth-order valence-electron chi connectivity index (χ4n) is 3.59. The zero-order chi connectivity index (χ0) is 21.8. The van der Waals surface area contributed by atoms with E-state index in [9.17, 15) is 9.59 Å². The van der Waals surface area contributed by atoms with Gasteiger partial charge in [-0.15, -0.1) is 0 Å². The number of hydrogen-bond donors (Lipinski definition) is 1. The molecule has 4 rings (SSSR count). The zero-order valence-electron chi connectivity index (χ0n) is 17.2. The average molecular weight is 435 g/mol. The van der Waals surface area contributed by atoms with Crippen molar-refractivity contribution >= 4 is 34.8 Å². The van der Waals surface area contributed by atoms with Gasteiger partial charge >= 0.3 is 0 Å². The molecule has 1 heterocycles. The second kappa shape index (κ2) is 9.23. The lowest BCUT2D eigenvalue weighted by molar-refractivity contribution is -0.117. The van der Waals surface area contributed by atoms with Gasteiger partial charge in [-0.1, -0.05) is 41.9 Å². The van der Waals surface area contributed by atoms with Crippen LogP contribution in [-0.2, 0) is 11.4 Å². The molecule has 0 spiro atoms. The number of benzene rings is 3. The molecule has 0 radical (unpaired) electrons. The number of amides is 2. The maximum atomic E-state index is 12.8. The summed E-state index contributed by atoms with van der Waals surface area (Å²) in [5.74, 6) is 0.459. The Bertz CT molecular complexity index is 1130. The summed E-state index contributed by atoms with van der Waals surface area (Å²) in [6.07, 6.45) is 1.42. The van der Waals surface area contributed by atoms with E-state index in [0.29, 0.717) is 41.6 Å². The molecular weight excluding hydrogens is 412 g/mol. The van der Waals surface area contributed by atoms with Crippen molar-refractivity contribution in [1.29, 1.82) is 0 Å². The number of nitrogens with zero attached hydrogens (tertiary/aromatic N) is 1. The van der Waals surface area contributed by atoms with Crippen molar-refractivity contribution in [2.45, 2.75) is 26.4 Å². The molecule has 3 aromatic rings. The maximum absolute atomic E-state index is 12.8. The third kappa shape index (κ3) is 4.89. The predicted octanol–water partition coefficient (Wildman–Crippen LogP) is 5.61. The Labute approximate surface area is 186 Å². The molecule has 1 saturated heterocycles. The van der Waals surface area contributed by atoms with E-state index >= 15 is 0 Å². The summed E-state index contributed by atoms with van der Waals surface area (Å²) in [6.45, 7) is 2.99. The molecule has 0 aromatic heterocycles. The van der Waals surface area contributed by atoms with Gasteiger partial charge in [0.25, 0.3) is 5.91 Å². The first-order valence-electron chi connectivity index (χ1n) is 10.2. The molecule has 0 atom stereocenters. The minimum atomic E-state index is -0.245. The third-order valence-electron chi connectivity index (χ3n) is 5.28. The lowest BCUT2D eigenvalue weighted by Gasteiger charge is -2.19. The molecule has 1 aliphatic rings. The summed E-state index contributed by atoms with van der Waals surface area (Å²) in [5, 5.41) is 3.56. The number of carbonyl (C=O) groups is 2.